The molecule has 1 heterocycles. The number of hydrogen-bond donors (Lipinski definition) is 0. The Kier molecular flexibility index (Phi) is 5.46. The van der Waals surface area contributed by atoms with Crippen molar-refractivity contribution in [3.8, 4) is 0 Å². The third kappa shape index (κ3) is 4.47. The molecule has 6 heteroatoms. The third-order valence-corrected chi connectivity index (χ3v) is 4.91. The van der Waals surface area contributed by atoms with Gasteiger partial charge in [0.05, 0.1) is 11.4 Å². The molecule has 1 atom stereocenters. The molecular weight excluding hydrogens is 368 g/mol. The second kappa shape index (κ2) is 7.70. The van der Waals surface area contributed by atoms with Gasteiger partial charge in [0.1, 0.15) is 5.60 Å². The number of aromatic nitrogens is 1. The summed E-state index contributed by atoms with van der Waals surface area (Å²) in [6, 6.07) is 15.1. The molecule has 152 valence electrons. The molecule has 0 saturated carbocycles. The van der Waals surface area contributed by atoms with Gasteiger partial charge in [0.15, 0.2) is 0 Å². The highest BCUT2D eigenvalue weighted by Gasteiger charge is 2.29. The number of aryl methyl sites for hydroxylation is 2. The molecule has 0 aliphatic rings. The zero-order valence-corrected chi connectivity index (χ0v) is 17.4. The minimum atomic E-state index is -0.684. The van der Waals surface area contributed by atoms with Crippen molar-refractivity contribution in [2.45, 2.75) is 46.1 Å². The maximum absolute atomic E-state index is 13.1. The average molecular weight is 394 g/mol. The van der Waals surface area contributed by atoms with Gasteiger partial charge in [-0.3, -0.25) is 10.1 Å². The number of fused-ring (bicyclic) bond motifs is 1. The monoisotopic (exact) mass is 394 g/mol. The molecule has 0 aliphatic carbocycles. The van der Waals surface area contributed by atoms with Crippen LogP contribution < -0.4 is 0 Å². The normalized spacial score (nSPS) is 12.7. The molecule has 1 unspecified atom stereocenters. The second-order valence-electron chi connectivity index (χ2n) is 8.36. The molecule has 6 nitrogen and oxygen atoms in total. The lowest BCUT2D eigenvalue weighted by Gasteiger charge is -2.22. The Hall–Kier alpha value is -3.15. The van der Waals surface area contributed by atoms with Crippen LogP contribution in [0.25, 0.3) is 10.9 Å². The summed E-state index contributed by atoms with van der Waals surface area (Å²) in [6.45, 7) is 9.07. The minimum absolute atomic E-state index is 0.318. The van der Waals surface area contributed by atoms with Crippen LogP contribution in [0.2, 0.25) is 0 Å². The van der Waals surface area contributed by atoms with E-state index in [1.807, 2.05) is 62.4 Å². The summed E-state index contributed by atoms with van der Waals surface area (Å²) in [6.07, 6.45) is -0.532. The second-order valence-corrected chi connectivity index (χ2v) is 8.36. The van der Waals surface area contributed by atoms with Gasteiger partial charge in [0, 0.05) is 16.0 Å². The minimum Gasteiger partial charge on any atom is -0.443 e. The number of nitrogens with zero attached hydrogens (tertiary/aromatic N) is 2. The van der Waals surface area contributed by atoms with Crippen molar-refractivity contribution in [3.63, 3.8) is 0 Å². The highest BCUT2D eigenvalue weighted by Crippen LogP contribution is 2.32. The number of carbonyl (C=O) groups is 1. The van der Waals surface area contributed by atoms with E-state index in [4.69, 9.17) is 4.74 Å². The Labute approximate surface area is 170 Å². The average Bonchev–Trinajstić information content (AvgIpc) is 2.97. The predicted octanol–water partition coefficient (Wildman–Crippen LogP) is 5.45. The van der Waals surface area contributed by atoms with Crippen molar-refractivity contribution >= 4 is 17.0 Å². The van der Waals surface area contributed by atoms with Crippen LogP contribution in [0.5, 0.6) is 0 Å². The van der Waals surface area contributed by atoms with E-state index in [1.54, 1.807) is 20.8 Å². The molecule has 0 fully saturated rings. The smallest absolute Gasteiger partial charge is 0.419 e. The fourth-order valence-corrected chi connectivity index (χ4v) is 3.47. The zero-order chi connectivity index (χ0) is 21.3. The molecule has 29 heavy (non-hydrogen) atoms. The topological polar surface area (TPSA) is 74.4 Å². The summed E-state index contributed by atoms with van der Waals surface area (Å²) in [7, 11) is 0. The van der Waals surface area contributed by atoms with Gasteiger partial charge < -0.3 is 4.74 Å². The highest BCUT2D eigenvalue weighted by molar-refractivity contribution is 5.92. The standard InChI is InChI=1S/C23H26N2O4/c1-15-11-18-13-21(19(14-24(27)28)17-9-7-6-8-10-17)25(20(18)12-16(15)2)22(26)29-23(3,4)5/h6-13,19H,14H2,1-5H3. The van der Waals surface area contributed by atoms with Gasteiger partial charge in [0.2, 0.25) is 6.54 Å². The molecule has 0 N–H and O–H groups in total. The maximum atomic E-state index is 13.1. The lowest BCUT2D eigenvalue weighted by atomic mass is 9.95. The molecule has 0 bridgehead atoms. The van der Waals surface area contributed by atoms with Crippen LogP contribution in [-0.2, 0) is 4.74 Å². The van der Waals surface area contributed by atoms with Crippen molar-refractivity contribution in [3.05, 3.63) is 81.0 Å². The maximum Gasteiger partial charge on any atom is 0.419 e. The van der Waals surface area contributed by atoms with E-state index in [9.17, 15) is 14.9 Å². The van der Waals surface area contributed by atoms with E-state index in [0.717, 1.165) is 22.1 Å². The molecular formula is C23H26N2O4. The van der Waals surface area contributed by atoms with Crippen LogP contribution in [0.15, 0.2) is 48.5 Å². The zero-order valence-electron chi connectivity index (χ0n) is 17.4. The number of benzene rings is 2. The number of carbonyl (C=O) groups excluding carboxylic acids is 1. The summed E-state index contributed by atoms with van der Waals surface area (Å²) in [5.74, 6) is -0.577. The summed E-state index contributed by atoms with van der Waals surface area (Å²) < 4.78 is 7.14. The van der Waals surface area contributed by atoms with Crippen molar-refractivity contribution in [1.82, 2.24) is 4.57 Å². The number of rotatable bonds is 4. The Morgan fingerprint density at radius 1 is 1.10 bits per heavy atom. The molecule has 0 radical (unpaired) electrons. The first-order chi connectivity index (χ1) is 13.6. The Morgan fingerprint density at radius 2 is 1.72 bits per heavy atom. The van der Waals surface area contributed by atoms with Gasteiger partial charge in [-0.05, 0) is 69.5 Å². The van der Waals surface area contributed by atoms with Crippen LogP contribution >= 0.6 is 0 Å². The van der Waals surface area contributed by atoms with E-state index in [0.29, 0.717) is 11.2 Å². The first kappa shape index (κ1) is 20.6. The van der Waals surface area contributed by atoms with E-state index in [2.05, 4.69) is 0 Å². The summed E-state index contributed by atoms with van der Waals surface area (Å²) in [5.41, 5.74) is 3.48. The molecule has 0 aliphatic heterocycles. The fourth-order valence-electron chi connectivity index (χ4n) is 3.47. The van der Waals surface area contributed by atoms with Gasteiger partial charge in [0.25, 0.3) is 0 Å². The van der Waals surface area contributed by atoms with Crippen LogP contribution in [0.1, 0.15) is 49.1 Å². The number of ether oxygens (including phenoxy) is 1. The summed E-state index contributed by atoms with van der Waals surface area (Å²) in [4.78, 5) is 24.3. The third-order valence-electron chi connectivity index (χ3n) is 4.91. The first-order valence-electron chi connectivity index (χ1n) is 9.59. The lowest BCUT2D eigenvalue weighted by Crippen LogP contribution is -2.29. The number of nitro groups is 1. The van der Waals surface area contributed by atoms with E-state index in [-0.39, 0.29) is 11.5 Å². The molecule has 2 aromatic carbocycles. The van der Waals surface area contributed by atoms with Crippen molar-refractivity contribution in [1.29, 1.82) is 0 Å². The largest absolute Gasteiger partial charge is 0.443 e. The van der Waals surface area contributed by atoms with Crippen LogP contribution in [0, 0.1) is 24.0 Å². The van der Waals surface area contributed by atoms with Crippen molar-refractivity contribution in [2.75, 3.05) is 6.54 Å². The van der Waals surface area contributed by atoms with Gasteiger partial charge in [-0.1, -0.05) is 30.3 Å². The van der Waals surface area contributed by atoms with Gasteiger partial charge in [-0.2, -0.15) is 0 Å². The van der Waals surface area contributed by atoms with Gasteiger partial charge in [-0.25, -0.2) is 9.36 Å². The summed E-state index contributed by atoms with van der Waals surface area (Å²) >= 11 is 0. The first-order valence-corrected chi connectivity index (χ1v) is 9.59. The molecule has 0 amide bonds. The van der Waals surface area contributed by atoms with E-state index < -0.39 is 17.6 Å². The van der Waals surface area contributed by atoms with Crippen LogP contribution in [0.4, 0.5) is 4.79 Å². The van der Waals surface area contributed by atoms with Gasteiger partial charge >= 0.3 is 6.09 Å². The van der Waals surface area contributed by atoms with Gasteiger partial charge in [-0.15, -0.1) is 0 Å². The highest BCUT2D eigenvalue weighted by atomic mass is 16.6. The lowest BCUT2D eigenvalue weighted by molar-refractivity contribution is -0.482. The molecule has 0 spiro atoms. The molecule has 0 saturated heterocycles. The van der Waals surface area contributed by atoms with Crippen LogP contribution in [0.3, 0.4) is 0 Å². The molecule has 1 aromatic heterocycles. The Bertz CT molecular complexity index is 1060. The Morgan fingerprint density at radius 3 is 2.31 bits per heavy atom. The van der Waals surface area contributed by atoms with E-state index >= 15 is 0 Å². The predicted molar refractivity (Wildman–Crippen MR) is 113 cm³/mol. The van der Waals surface area contributed by atoms with Crippen LogP contribution in [-0.4, -0.2) is 27.7 Å². The molecule has 3 aromatic rings. The summed E-state index contributed by atoms with van der Waals surface area (Å²) in [5, 5.41) is 12.3. The fraction of sp³-hybridized carbons (Fsp3) is 0.348. The van der Waals surface area contributed by atoms with E-state index in [1.165, 1.54) is 4.57 Å². The SMILES string of the molecule is Cc1cc2cc(C(C[N+](=O)[O-])c3ccccc3)n(C(=O)OC(C)(C)C)c2cc1C. The quantitative estimate of drug-likeness (QED) is 0.436. The number of hydrogen-bond acceptors (Lipinski definition) is 4. The Balaban J connectivity index is 2.27. The van der Waals surface area contributed by atoms with Crippen molar-refractivity contribution in [2.24, 2.45) is 0 Å². The molecule has 3 rings (SSSR count). The van der Waals surface area contributed by atoms with Crippen molar-refractivity contribution < 1.29 is 14.5 Å².